The summed E-state index contributed by atoms with van der Waals surface area (Å²) in [5.41, 5.74) is 3.33. The molecule has 4 rings (SSSR count). The van der Waals surface area contributed by atoms with Gasteiger partial charge in [0.05, 0.1) is 0 Å². The predicted octanol–water partition coefficient (Wildman–Crippen LogP) is 5.64. The van der Waals surface area contributed by atoms with Crippen molar-refractivity contribution in [3.63, 3.8) is 0 Å². The molecule has 0 saturated carbocycles. The van der Waals surface area contributed by atoms with Gasteiger partial charge in [-0.05, 0) is 42.3 Å². The standard InChI is InChI=1S/C23H20FN3O/c1-2-16-9-8-12-18(15-16)25-21(19-13-6-7-14-20(19)24)23-27-26-22(28-23)17-10-4-3-5-11-17/h3-15,21,25H,2H2,1H3. The number of aryl methyl sites for hydroxylation is 1. The van der Waals surface area contributed by atoms with Gasteiger partial charge in [0.15, 0.2) is 0 Å². The molecular formula is C23H20FN3O. The van der Waals surface area contributed by atoms with Gasteiger partial charge in [-0.25, -0.2) is 4.39 Å². The average molecular weight is 373 g/mol. The normalized spacial score (nSPS) is 11.9. The molecule has 4 aromatic rings. The van der Waals surface area contributed by atoms with Crippen LogP contribution >= 0.6 is 0 Å². The molecule has 5 heteroatoms. The summed E-state index contributed by atoms with van der Waals surface area (Å²) >= 11 is 0. The van der Waals surface area contributed by atoms with Crippen molar-refractivity contribution in [3.8, 4) is 11.5 Å². The smallest absolute Gasteiger partial charge is 0.247 e. The Morgan fingerprint density at radius 1 is 0.929 bits per heavy atom. The fourth-order valence-electron chi connectivity index (χ4n) is 3.08. The Labute approximate surface area is 163 Å². The molecule has 1 heterocycles. The summed E-state index contributed by atoms with van der Waals surface area (Å²) < 4.78 is 20.5. The maximum absolute atomic E-state index is 14.6. The minimum Gasteiger partial charge on any atom is -0.418 e. The van der Waals surface area contributed by atoms with Crippen molar-refractivity contribution in [2.75, 3.05) is 5.32 Å². The first-order valence-corrected chi connectivity index (χ1v) is 9.23. The van der Waals surface area contributed by atoms with Gasteiger partial charge in [-0.3, -0.25) is 0 Å². The van der Waals surface area contributed by atoms with Crippen LogP contribution in [0.25, 0.3) is 11.5 Å². The van der Waals surface area contributed by atoms with E-state index in [0.717, 1.165) is 17.7 Å². The summed E-state index contributed by atoms with van der Waals surface area (Å²) in [5, 5.41) is 11.7. The van der Waals surface area contributed by atoms with Crippen LogP contribution in [0.2, 0.25) is 0 Å². The highest BCUT2D eigenvalue weighted by atomic mass is 19.1. The molecule has 3 aromatic carbocycles. The lowest BCUT2D eigenvalue weighted by Crippen LogP contribution is -2.14. The Bertz CT molecular complexity index is 1060. The van der Waals surface area contributed by atoms with Crippen molar-refractivity contribution in [1.29, 1.82) is 0 Å². The van der Waals surface area contributed by atoms with Crippen LogP contribution in [0.4, 0.5) is 10.1 Å². The number of hydrogen-bond acceptors (Lipinski definition) is 4. The summed E-state index contributed by atoms with van der Waals surface area (Å²) in [6, 6.07) is 23.6. The van der Waals surface area contributed by atoms with Crippen LogP contribution in [0.5, 0.6) is 0 Å². The summed E-state index contributed by atoms with van der Waals surface area (Å²) in [6.45, 7) is 2.09. The van der Waals surface area contributed by atoms with Gasteiger partial charge in [0, 0.05) is 16.8 Å². The number of halogens is 1. The Kier molecular flexibility index (Phi) is 5.15. The van der Waals surface area contributed by atoms with Gasteiger partial charge in [-0.15, -0.1) is 10.2 Å². The first-order chi connectivity index (χ1) is 13.7. The van der Waals surface area contributed by atoms with E-state index in [0.29, 0.717) is 17.3 Å². The van der Waals surface area contributed by atoms with E-state index in [2.05, 4.69) is 28.5 Å². The molecule has 0 saturated heterocycles. The lowest BCUT2D eigenvalue weighted by molar-refractivity contribution is 0.485. The van der Waals surface area contributed by atoms with Crippen molar-refractivity contribution in [1.82, 2.24) is 10.2 Å². The number of rotatable bonds is 6. The van der Waals surface area contributed by atoms with E-state index in [9.17, 15) is 4.39 Å². The van der Waals surface area contributed by atoms with Crippen LogP contribution in [0.3, 0.4) is 0 Å². The van der Waals surface area contributed by atoms with Crippen molar-refractivity contribution >= 4 is 5.69 Å². The molecule has 140 valence electrons. The summed E-state index contributed by atoms with van der Waals surface area (Å²) in [4.78, 5) is 0. The number of nitrogens with one attached hydrogen (secondary N) is 1. The van der Waals surface area contributed by atoms with Crippen molar-refractivity contribution < 1.29 is 8.81 Å². The topological polar surface area (TPSA) is 51.0 Å². The Balaban J connectivity index is 1.73. The lowest BCUT2D eigenvalue weighted by atomic mass is 10.0. The van der Waals surface area contributed by atoms with E-state index in [1.54, 1.807) is 18.2 Å². The van der Waals surface area contributed by atoms with Gasteiger partial charge in [0.25, 0.3) is 0 Å². The Morgan fingerprint density at radius 3 is 2.50 bits per heavy atom. The fourth-order valence-corrected chi connectivity index (χ4v) is 3.08. The second-order valence-corrected chi connectivity index (χ2v) is 6.46. The zero-order chi connectivity index (χ0) is 19.3. The predicted molar refractivity (Wildman–Crippen MR) is 107 cm³/mol. The van der Waals surface area contributed by atoms with Gasteiger partial charge in [0.1, 0.15) is 11.9 Å². The first kappa shape index (κ1) is 17.9. The zero-order valence-electron chi connectivity index (χ0n) is 15.5. The molecule has 0 spiro atoms. The van der Waals surface area contributed by atoms with Crippen LogP contribution in [0.1, 0.15) is 30.0 Å². The number of anilines is 1. The van der Waals surface area contributed by atoms with Gasteiger partial charge >= 0.3 is 0 Å². The maximum Gasteiger partial charge on any atom is 0.247 e. The van der Waals surface area contributed by atoms with Crippen LogP contribution in [-0.2, 0) is 6.42 Å². The van der Waals surface area contributed by atoms with Crippen LogP contribution < -0.4 is 5.32 Å². The molecule has 28 heavy (non-hydrogen) atoms. The minimum atomic E-state index is -0.599. The van der Waals surface area contributed by atoms with E-state index in [1.807, 2.05) is 48.5 Å². The molecule has 0 aliphatic heterocycles. The monoisotopic (exact) mass is 373 g/mol. The minimum absolute atomic E-state index is 0.311. The Morgan fingerprint density at radius 2 is 1.71 bits per heavy atom. The number of benzene rings is 3. The number of nitrogens with zero attached hydrogens (tertiary/aromatic N) is 2. The quantitative estimate of drug-likeness (QED) is 0.475. The molecule has 1 aromatic heterocycles. The van der Waals surface area contributed by atoms with E-state index < -0.39 is 6.04 Å². The van der Waals surface area contributed by atoms with Gasteiger partial charge in [-0.1, -0.05) is 55.5 Å². The highest BCUT2D eigenvalue weighted by Gasteiger charge is 2.24. The van der Waals surface area contributed by atoms with E-state index in [4.69, 9.17) is 4.42 Å². The maximum atomic E-state index is 14.6. The molecule has 1 atom stereocenters. The largest absolute Gasteiger partial charge is 0.418 e. The third-order valence-electron chi connectivity index (χ3n) is 4.57. The molecule has 1 N–H and O–H groups in total. The number of aromatic nitrogens is 2. The third-order valence-corrected chi connectivity index (χ3v) is 4.57. The van der Waals surface area contributed by atoms with E-state index in [1.165, 1.54) is 11.6 Å². The van der Waals surface area contributed by atoms with Crippen molar-refractivity contribution in [3.05, 3.63) is 102 Å². The summed E-state index contributed by atoms with van der Waals surface area (Å²) in [5.74, 6) is 0.387. The number of hydrogen-bond donors (Lipinski definition) is 1. The Hall–Kier alpha value is -3.47. The van der Waals surface area contributed by atoms with E-state index >= 15 is 0 Å². The molecule has 0 fully saturated rings. The lowest BCUT2D eigenvalue weighted by Gasteiger charge is -2.18. The molecule has 1 unspecified atom stereocenters. The first-order valence-electron chi connectivity index (χ1n) is 9.23. The van der Waals surface area contributed by atoms with E-state index in [-0.39, 0.29) is 5.82 Å². The zero-order valence-corrected chi connectivity index (χ0v) is 15.5. The van der Waals surface area contributed by atoms with Crippen LogP contribution in [0, 0.1) is 5.82 Å². The molecule has 0 amide bonds. The summed E-state index contributed by atoms with van der Waals surface area (Å²) in [7, 11) is 0. The fraction of sp³-hybridized carbons (Fsp3) is 0.130. The average Bonchev–Trinajstić information content (AvgIpc) is 3.23. The molecule has 0 bridgehead atoms. The summed E-state index contributed by atoms with van der Waals surface area (Å²) in [6.07, 6.45) is 0.915. The van der Waals surface area contributed by atoms with Crippen LogP contribution in [-0.4, -0.2) is 10.2 Å². The van der Waals surface area contributed by atoms with Crippen molar-refractivity contribution in [2.24, 2.45) is 0 Å². The molecular weight excluding hydrogens is 353 g/mol. The van der Waals surface area contributed by atoms with Crippen LogP contribution in [0.15, 0.2) is 83.3 Å². The molecule has 0 aliphatic carbocycles. The van der Waals surface area contributed by atoms with Gasteiger partial charge in [-0.2, -0.15) is 0 Å². The molecule has 4 nitrogen and oxygen atoms in total. The van der Waals surface area contributed by atoms with Crippen molar-refractivity contribution in [2.45, 2.75) is 19.4 Å². The highest BCUT2D eigenvalue weighted by molar-refractivity contribution is 5.53. The SMILES string of the molecule is CCc1cccc(NC(c2nnc(-c3ccccc3)o2)c2ccccc2F)c1. The van der Waals surface area contributed by atoms with Gasteiger partial charge < -0.3 is 9.73 Å². The molecule has 0 radical (unpaired) electrons. The third kappa shape index (κ3) is 3.78. The second kappa shape index (κ2) is 8.05. The second-order valence-electron chi connectivity index (χ2n) is 6.46. The highest BCUT2D eigenvalue weighted by Crippen LogP contribution is 2.30. The molecule has 0 aliphatic rings. The van der Waals surface area contributed by atoms with Gasteiger partial charge in [0.2, 0.25) is 11.8 Å².